The maximum absolute atomic E-state index is 6.02. The lowest BCUT2D eigenvalue weighted by Gasteiger charge is -2.11. The van der Waals surface area contributed by atoms with Gasteiger partial charge < -0.3 is 10.1 Å². The zero-order valence-electron chi connectivity index (χ0n) is 10.6. The lowest BCUT2D eigenvalue weighted by atomic mass is 10.3. The number of hydrogen-bond acceptors (Lipinski definition) is 3. The van der Waals surface area contributed by atoms with Crippen LogP contribution in [0.3, 0.4) is 0 Å². The predicted molar refractivity (Wildman–Crippen MR) is 82.9 cm³/mol. The van der Waals surface area contributed by atoms with Gasteiger partial charge in [0, 0.05) is 30.5 Å². The maximum atomic E-state index is 6.02. The van der Waals surface area contributed by atoms with Crippen molar-refractivity contribution in [1.29, 1.82) is 0 Å². The summed E-state index contributed by atoms with van der Waals surface area (Å²) in [6.45, 7) is 1.87. The first-order chi connectivity index (χ1) is 9.66. The van der Waals surface area contributed by atoms with Crippen LogP contribution >= 0.6 is 34.8 Å². The van der Waals surface area contributed by atoms with E-state index < -0.39 is 0 Å². The summed E-state index contributed by atoms with van der Waals surface area (Å²) < 4.78 is 5.56. The molecule has 1 heterocycles. The van der Waals surface area contributed by atoms with E-state index in [2.05, 4.69) is 10.3 Å². The molecule has 20 heavy (non-hydrogen) atoms. The number of benzene rings is 1. The largest absolute Gasteiger partial charge is 0.489 e. The lowest BCUT2D eigenvalue weighted by Crippen LogP contribution is -2.20. The van der Waals surface area contributed by atoms with Crippen LogP contribution in [0.4, 0.5) is 0 Å². The number of pyridine rings is 1. The number of aromatic nitrogens is 1. The van der Waals surface area contributed by atoms with Crippen molar-refractivity contribution in [2.75, 3.05) is 13.2 Å². The minimum absolute atomic E-state index is 0.412. The van der Waals surface area contributed by atoms with E-state index in [4.69, 9.17) is 39.5 Å². The van der Waals surface area contributed by atoms with Gasteiger partial charge in [-0.3, -0.25) is 4.98 Å². The molecule has 0 spiro atoms. The highest BCUT2D eigenvalue weighted by molar-refractivity contribution is 6.40. The van der Waals surface area contributed by atoms with E-state index >= 15 is 0 Å². The van der Waals surface area contributed by atoms with Crippen molar-refractivity contribution < 1.29 is 4.74 Å². The van der Waals surface area contributed by atoms with E-state index in [0.29, 0.717) is 34.0 Å². The minimum atomic E-state index is 0.412. The molecular weight excluding hydrogens is 319 g/mol. The highest BCUT2D eigenvalue weighted by atomic mass is 35.5. The summed E-state index contributed by atoms with van der Waals surface area (Å²) in [4.78, 5) is 4.04. The van der Waals surface area contributed by atoms with Crippen LogP contribution < -0.4 is 10.1 Å². The molecule has 0 atom stereocenters. The van der Waals surface area contributed by atoms with Crippen LogP contribution in [0.2, 0.25) is 15.1 Å². The first kappa shape index (κ1) is 15.4. The normalized spacial score (nSPS) is 10.6. The second kappa shape index (κ2) is 7.70. The van der Waals surface area contributed by atoms with Crippen molar-refractivity contribution in [1.82, 2.24) is 10.3 Å². The van der Waals surface area contributed by atoms with Crippen LogP contribution in [-0.2, 0) is 6.54 Å². The third kappa shape index (κ3) is 4.53. The summed E-state index contributed by atoms with van der Waals surface area (Å²) in [6, 6.07) is 7.12. The number of hydrogen-bond donors (Lipinski definition) is 1. The molecule has 0 saturated heterocycles. The molecule has 1 aromatic carbocycles. The van der Waals surface area contributed by atoms with Crippen molar-refractivity contribution in [3.05, 3.63) is 57.3 Å². The van der Waals surface area contributed by atoms with E-state index in [1.807, 2.05) is 18.3 Å². The van der Waals surface area contributed by atoms with Gasteiger partial charge in [0.2, 0.25) is 0 Å². The quantitative estimate of drug-likeness (QED) is 0.805. The lowest BCUT2D eigenvalue weighted by molar-refractivity contribution is 0.314. The summed E-state index contributed by atoms with van der Waals surface area (Å²) in [6.07, 6.45) is 3.57. The SMILES string of the molecule is Clc1cc(Cl)c(OCCNCc2cccnc2)c(Cl)c1. The zero-order valence-corrected chi connectivity index (χ0v) is 12.8. The molecule has 0 unspecified atom stereocenters. The standard InChI is InChI=1S/C14H13Cl3N2O/c15-11-6-12(16)14(13(17)7-11)20-5-4-19-9-10-2-1-3-18-8-10/h1-3,6-8,19H,4-5,9H2. The van der Waals surface area contributed by atoms with Crippen LogP contribution in [0.25, 0.3) is 0 Å². The zero-order chi connectivity index (χ0) is 14.4. The monoisotopic (exact) mass is 330 g/mol. The van der Waals surface area contributed by atoms with Crippen LogP contribution in [-0.4, -0.2) is 18.1 Å². The van der Waals surface area contributed by atoms with E-state index in [-0.39, 0.29) is 0 Å². The topological polar surface area (TPSA) is 34.1 Å². The smallest absolute Gasteiger partial charge is 0.156 e. The highest BCUT2D eigenvalue weighted by Gasteiger charge is 2.08. The number of nitrogens with one attached hydrogen (secondary N) is 1. The summed E-state index contributed by atoms with van der Waals surface area (Å²) in [5, 5.41) is 4.56. The van der Waals surface area contributed by atoms with Gasteiger partial charge >= 0.3 is 0 Å². The van der Waals surface area contributed by atoms with E-state index in [9.17, 15) is 0 Å². The summed E-state index contributed by atoms with van der Waals surface area (Å²) in [5.41, 5.74) is 1.12. The van der Waals surface area contributed by atoms with Gasteiger partial charge in [0.05, 0.1) is 10.0 Å². The molecule has 0 saturated carbocycles. The molecule has 0 aliphatic carbocycles. The van der Waals surface area contributed by atoms with E-state index in [1.165, 1.54) is 0 Å². The van der Waals surface area contributed by atoms with Crippen LogP contribution in [0.15, 0.2) is 36.7 Å². The summed E-state index contributed by atoms with van der Waals surface area (Å²) in [5.74, 6) is 0.459. The molecule has 2 aromatic rings. The van der Waals surface area contributed by atoms with E-state index in [0.717, 1.165) is 12.1 Å². The number of halogens is 3. The second-order valence-corrected chi connectivity index (χ2v) is 5.34. The average Bonchev–Trinajstić information content (AvgIpc) is 2.42. The molecule has 6 heteroatoms. The fourth-order valence-electron chi connectivity index (χ4n) is 1.63. The molecule has 0 aliphatic heterocycles. The highest BCUT2D eigenvalue weighted by Crippen LogP contribution is 2.35. The molecule has 2 rings (SSSR count). The Labute approximate surface area is 132 Å². The Kier molecular flexibility index (Phi) is 5.92. The molecule has 0 radical (unpaired) electrons. The van der Waals surface area contributed by atoms with Crippen molar-refractivity contribution in [3.63, 3.8) is 0 Å². The van der Waals surface area contributed by atoms with Crippen molar-refractivity contribution >= 4 is 34.8 Å². The summed E-state index contributed by atoms with van der Waals surface area (Å²) in [7, 11) is 0. The predicted octanol–water partition coefficient (Wildman–Crippen LogP) is 4.21. The fraction of sp³-hybridized carbons (Fsp3) is 0.214. The van der Waals surface area contributed by atoms with Gasteiger partial charge in [-0.2, -0.15) is 0 Å². The Balaban J connectivity index is 1.76. The Morgan fingerprint density at radius 2 is 1.90 bits per heavy atom. The molecule has 3 nitrogen and oxygen atoms in total. The molecule has 0 amide bonds. The van der Waals surface area contributed by atoms with Gasteiger partial charge in [-0.25, -0.2) is 0 Å². The third-order valence-corrected chi connectivity index (χ3v) is 3.32. The Hall–Kier alpha value is -1.00. The Morgan fingerprint density at radius 3 is 2.55 bits per heavy atom. The minimum Gasteiger partial charge on any atom is -0.489 e. The molecule has 0 bridgehead atoms. The van der Waals surface area contributed by atoms with Gasteiger partial charge in [-0.15, -0.1) is 0 Å². The number of rotatable bonds is 6. The van der Waals surface area contributed by atoms with Crippen LogP contribution in [0.5, 0.6) is 5.75 Å². The maximum Gasteiger partial charge on any atom is 0.156 e. The average molecular weight is 332 g/mol. The first-order valence-electron chi connectivity index (χ1n) is 6.04. The van der Waals surface area contributed by atoms with Crippen molar-refractivity contribution in [3.8, 4) is 5.75 Å². The summed E-state index contributed by atoms with van der Waals surface area (Å²) >= 11 is 17.9. The van der Waals surface area contributed by atoms with Crippen LogP contribution in [0.1, 0.15) is 5.56 Å². The van der Waals surface area contributed by atoms with Gasteiger partial charge in [0.1, 0.15) is 6.61 Å². The Morgan fingerprint density at radius 1 is 1.15 bits per heavy atom. The van der Waals surface area contributed by atoms with Gasteiger partial charge in [-0.1, -0.05) is 40.9 Å². The number of ether oxygens (including phenoxy) is 1. The fourth-order valence-corrected chi connectivity index (χ4v) is 2.55. The van der Waals surface area contributed by atoms with Gasteiger partial charge in [0.15, 0.2) is 5.75 Å². The second-order valence-electron chi connectivity index (χ2n) is 4.09. The first-order valence-corrected chi connectivity index (χ1v) is 7.17. The van der Waals surface area contributed by atoms with Gasteiger partial charge in [-0.05, 0) is 23.8 Å². The number of nitrogens with zero attached hydrogens (tertiary/aromatic N) is 1. The van der Waals surface area contributed by atoms with E-state index in [1.54, 1.807) is 18.3 Å². The van der Waals surface area contributed by atoms with Crippen molar-refractivity contribution in [2.24, 2.45) is 0 Å². The molecule has 0 fully saturated rings. The molecule has 0 aliphatic rings. The molecule has 1 N–H and O–H groups in total. The molecule has 106 valence electrons. The molecule has 1 aromatic heterocycles. The van der Waals surface area contributed by atoms with Crippen LogP contribution in [0, 0.1) is 0 Å². The Bertz CT molecular complexity index is 541. The van der Waals surface area contributed by atoms with Crippen molar-refractivity contribution in [2.45, 2.75) is 6.54 Å². The van der Waals surface area contributed by atoms with Gasteiger partial charge in [0.25, 0.3) is 0 Å². The molecular formula is C14H13Cl3N2O. The third-order valence-electron chi connectivity index (χ3n) is 2.54.